The van der Waals surface area contributed by atoms with Crippen LogP contribution in [0.25, 0.3) is 0 Å². The highest BCUT2D eigenvalue weighted by atomic mass is 16.5. The van der Waals surface area contributed by atoms with Crippen molar-refractivity contribution in [1.29, 1.82) is 0 Å². The number of aromatic nitrogens is 2. The molecular weight excluding hydrogens is 132 g/mol. The van der Waals surface area contributed by atoms with Gasteiger partial charge in [-0.15, -0.1) is 4.73 Å². The lowest BCUT2D eigenvalue weighted by Crippen LogP contribution is -2.31. The maximum absolute atomic E-state index is 10.8. The van der Waals surface area contributed by atoms with E-state index in [-0.39, 0.29) is 5.88 Å². The van der Waals surface area contributed by atoms with Crippen molar-refractivity contribution in [1.82, 2.24) is 4.98 Å². The third kappa shape index (κ3) is 0.877. The molecular formula is C6H8N2O2. The minimum atomic E-state index is -0.319. The molecule has 0 aliphatic carbocycles. The van der Waals surface area contributed by atoms with E-state index >= 15 is 0 Å². The van der Waals surface area contributed by atoms with Gasteiger partial charge in [0.15, 0.2) is 5.69 Å². The average molecular weight is 140 g/mol. The molecule has 0 saturated heterocycles. The Morgan fingerprint density at radius 1 is 1.60 bits per heavy atom. The molecule has 1 aromatic rings. The fourth-order valence-electron chi connectivity index (χ4n) is 0.614. The molecule has 0 aliphatic rings. The van der Waals surface area contributed by atoms with Crippen LogP contribution in [0.1, 0.15) is 11.4 Å². The fraction of sp³-hybridized carbons (Fsp3) is 0.333. The van der Waals surface area contributed by atoms with E-state index in [1.165, 1.54) is 6.20 Å². The highest BCUT2D eigenvalue weighted by molar-refractivity contribution is 5.08. The minimum absolute atomic E-state index is 0.319. The zero-order valence-electron chi connectivity index (χ0n) is 5.83. The van der Waals surface area contributed by atoms with E-state index in [1.807, 2.05) is 0 Å². The summed E-state index contributed by atoms with van der Waals surface area (Å²) in [4.78, 5) is 3.77. The number of aryl methyl sites for hydroxylation is 2. The summed E-state index contributed by atoms with van der Waals surface area (Å²) in [5.41, 5.74) is 0.740. The molecule has 10 heavy (non-hydrogen) atoms. The molecule has 4 heteroatoms. The molecule has 1 aromatic heterocycles. The van der Waals surface area contributed by atoms with Crippen LogP contribution in [-0.4, -0.2) is 10.1 Å². The molecule has 4 nitrogen and oxygen atoms in total. The molecule has 0 amide bonds. The van der Waals surface area contributed by atoms with Gasteiger partial charge in [-0.3, -0.25) is 0 Å². The first kappa shape index (κ1) is 6.80. The smallest absolute Gasteiger partial charge is 0.399 e. The Labute approximate surface area is 58.4 Å². The van der Waals surface area contributed by atoms with E-state index in [0.717, 1.165) is 0 Å². The van der Waals surface area contributed by atoms with Gasteiger partial charge in [0.05, 0.1) is 6.20 Å². The molecule has 0 saturated carbocycles. The van der Waals surface area contributed by atoms with E-state index < -0.39 is 0 Å². The number of nitrogens with zero attached hydrogens (tertiary/aromatic N) is 2. The predicted octanol–water partition coefficient (Wildman–Crippen LogP) is 0.0374. The van der Waals surface area contributed by atoms with Crippen molar-refractivity contribution in [2.24, 2.45) is 0 Å². The van der Waals surface area contributed by atoms with Crippen LogP contribution in [0, 0.1) is 19.1 Å². The number of hydrogen-bond acceptors (Lipinski definition) is 3. The Kier molecular flexibility index (Phi) is 1.45. The van der Waals surface area contributed by atoms with Gasteiger partial charge in [0.25, 0.3) is 0 Å². The Morgan fingerprint density at radius 3 is 2.70 bits per heavy atom. The van der Waals surface area contributed by atoms with Gasteiger partial charge in [0, 0.05) is 6.92 Å². The second kappa shape index (κ2) is 2.13. The third-order valence-electron chi connectivity index (χ3n) is 1.28. The van der Waals surface area contributed by atoms with Gasteiger partial charge in [-0.2, -0.15) is 0 Å². The largest absolute Gasteiger partial charge is 0.616 e. The maximum atomic E-state index is 10.8. The van der Waals surface area contributed by atoms with Gasteiger partial charge in [-0.1, -0.05) is 0 Å². The topological polar surface area (TPSA) is 60.1 Å². The summed E-state index contributed by atoms with van der Waals surface area (Å²) in [5, 5.41) is 19.8. The second-order valence-electron chi connectivity index (χ2n) is 2.10. The molecule has 54 valence electrons. The first-order chi connectivity index (χ1) is 4.63. The fourth-order valence-corrected chi connectivity index (χ4v) is 0.614. The normalized spacial score (nSPS) is 9.80. The second-order valence-corrected chi connectivity index (χ2v) is 2.10. The van der Waals surface area contributed by atoms with Crippen molar-refractivity contribution < 1.29 is 9.84 Å². The highest BCUT2D eigenvalue weighted by Gasteiger charge is 2.09. The van der Waals surface area contributed by atoms with Crippen LogP contribution >= 0.6 is 0 Å². The molecule has 0 radical (unpaired) electrons. The molecule has 0 aliphatic heterocycles. The van der Waals surface area contributed by atoms with Gasteiger partial charge in [-0.05, 0) is 6.92 Å². The predicted molar refractivity (Wildman–Crippen MR) is 34.3 cm³/mol. The van der Waals surface area contributed by atoms with Gasteiger partial charge in [-0.25, -0.2) is 4.98 Å². The first-order valence-corrected chi connectivity index (χ1v) is 2.87. The molecule has 0 bridgehead atoms. The number of rotatable bonds is 0. The summed E-state index contributed by atoms with van der Waals surface area (Å²) in [5.74, 6) is -0.319. The van der Waals surface area contributed by atoms with Crippen LogP contribution in [0.3, 0.4) is 0 Å². The molecule has 0 atom stereocenters. The minimum Gasteiger partial charge on any atom is -0.616 e. The van der Waals surface area contributed by atoms with Gasteiger partial charge in [0.2, 0.25) is 5.69 Å². The quantitative estimate of drug-likeness (QED) is 0.408. The maximum Gasteiger partial charge on any atom is 0.399 e. The lowest BCUT2D eigenvalue weighted by molar-refractivity contribution is -0.621. The SMILES string of the molecule is Cc1ncc(C)[n+]([O-])c1O. The van der Waals surface area contributed by atoms with E-state index in [9.17, 15) is 5.21 Å². The summed E-state index contributed by atoms with van der Waals surface area (Å²) in [6, 6.07) is 0. The molecule has 0 aromatic carbocycles. The van der Waals surface area contributed by atoms with E-state index in [0.29, 0.717) is 16.1 Å². The third-order valence-corrected chi connectivity index (χ3v) is 1.28. The van der Waals surface area contributed by atoms with E-state index in [1.54, 1.807) is 13.8 Å². The van der Waals surface area contributed by atoms with Crippen molar-refractivity contribution in [3.05, 3.63) is 22.8 Å². The highest BCUT2D eigenvalue weighted by Crippen LogP contribution is 2.04. The van der Waals surface area contributed by atoms with Crippen molar-refractivity contribution in [2.45, 2.75) is 13.8 Å². The monoisotopic (exact) mass is 140 g/mol. The van der Waals surface area contributed by atoms with Crippen molar-refractivity contribution in [2.75, 3.05) is 0 Å². The van der Waals surface area contributed by atoms with Gasteiger partial charge >= 0.3 is 5.88 Å². The van der Waals surface area contributed by atoms with Crippen LogP contribution in [-0.2, 0) is 0 Å². The lowest BCUT2D eigenvalue weighted by atomic mass is 10.4. The summed E-state index contributed by atoms with van der Waals surface area (Å²) in [7, 11) is 0. The molecule has 0 spiro atoms. The van der Waals surface area contributed by atoms with E-state index in [4.69, 9.17) is 5.11 Å². The van der Waals surface area contributed by atoms with Crippen molar-refractivity contribution >= 4 is 0 Å². The van der Waals surface area contributed by atoms with Crippen LogP contribution in [0.5, 0.6) is 5.88 Å². The molecule has 0 fully saturated rings. The molecule has 1 rings (SSSR count). The summed E-state index contributed by atoms with van der Waals surface area (Å²) < 4.78 is 0.447. The Hall–Kier alpha value is -1.32. The van der Waals surface area contributed by atoms with Crippen molar-refractivity contribution in [3.63, 3.8) is 0 Å². The zero-order chi connectivity index (χ0) is 7.72. The Balaban J connectivity index is 3.34. The zero-order valence-corrected chi connectivity index (χ0v) is 5.83. The van der Waals surface area contributed by atoms with Crippen LogP contribution in [0.15, 0.2) is 6.20 Å². The summed E-state index contributed by atoms with van der Waals surface area (Å²) in [6.07, 6.45) is 1.42. The Morgan fingerprint density at radius 2 is 2.20 bits per heavy atom. The molecule has 1 heterocycles. The van der Waals surface area contributed by atoms with Crippen LogP contribution in [0.4, 0.5) is 0 Å². The van der Waals surface area contributed by atoms with Crippen molar-refractivity contribution in [3.8, 4) is 5.88 Å². The standard InChI is InChI=1S/C6H8N2O2/c1-4-3-7-5(2)6(9)8(4)10/h3,9H,1-2H3. The summed E-state index contributed by atoms with van der Waals surface area (Å²) in [6.45, 7) is 3.16. The number of hydrogen-bond donors (Lipinski definition) is 1. The van der Waals surface area contributed by atoms with E-state index in [2.05, 4.69) is 4.98 Å². The van der Waals surface area contributed by atoms with Crippen LogP contribution in [0.2, 0.25) is 0 Å². The average Bonchev–Trinajstić information content (AvgIpc) is 1.93. The molecule has 0 unspecified atom stereocenters. The van der Waals surface area contributed by atoms with Gasteiger partial charge in [0.1, 0.15) is 0 Å². The Bertz CT molecular complexity index is 233. The first-order valence-electron chi connectivity index (χ1n) is 2.87. The van der Waals surface area contributed by atoms with Crippen LogP contribution < -0.4 is 4.73 Å². The summed E-state index contributed by atoms with van der Waals surface area (Å²) >= 11 is 0. The lowest BCUT2D eigenvalue weighted by Gasteiger charge is -2.01. The molecule has 1 N–H and O–H groups in total. The number of aromatic hydroxyl groups is 1. The van der Waals surface area contributed by atoms with Gasteiger partial charge < -0.3 is 10.3 Å².